The maximum absolute atomic E-state index is 12.2. The highest BCUT2D eigenvalue weighted by atomic mass is 19.3. The molecule has 0 atom stereocenters. The Morgan fingerprint density at radius 2 is 1.89 bits per heavy atom. The molecule has 0 aliphatic rings. The molecule has 0 aliphatic carbocycles. The summed E-state index contributed by atoms with van der Waals surface area (Å²) in [4.78, 5) is 22.1. The fourth-order valence-electron chi connectivity index (χ4n) is 1.22. The molecule has 6 heteroatoms. The number of ketones is 2. The van der Waals surface area contributed by atoms with E-state index in [1.165, 1.54) is 6.21 Å². The summed E-state index contributed by atoms with van der Waals surface area (Å²) in [5, 5.41) is 3.70. The van der Waals surface area contributed by atoms with E-state index in [1.807, 2.05) is 6.07 Å². The van der Waals surface area contributed by atoms with Crippen LogP contribution in [-0.4, -0.2) is 24.2 Å². The van der Waals surface area contributed by atoms with Gasteiger partial charge in [0.2, 0.25) is 5.78 Å². The van der Waals surface area contributed by atoms with E-state index < -0.39 is 23.6 Å². The van der Waals surface area contributed by atoms with Crippen molar-refractivity contribution in [3.05, 3.63) is 47.7 Å². The van der Waals surface area contributed by atoms with Gasteiger partial charge in [-0.25, -0.2) is 8.78 Å². The fourth-order valence-corrected chi connectivity index (χ4v) is 1.22. The number of Topliss-reactive ketones (excluding diaryl/α,β-unsaturated/α-hetero) is 2. The Morgan fingerprint density at radius 1 is 1.26 bits per heavy atom. The van der Waals surface area contributed by atoms with E-state index in [-0.39, 0.29) is 0 Å². The highest BCUT2D eigenvalue weighted by Crippen LogP contribution is 2.05. The predicted octanol–water partition coefficient (Wildman–Crippen LogP) is 1.92. The van der Waals surface area contributed by atoms with E-state index in [1.54, 1.807) is 24.3 Å². The van der Waals surface area contributed by atoms with Crippen LogP contribution < -0.4 is 5.43 Å². The molecule has 0 saturated carbocycles. The molecule has 0 bridgehead atoms. The first kappa shape index (κ1) is 14.7. The van der Waals surface area contributed by atoms with Gasteiger partial charge in [-0.1, -0.05) is 30.3 Å². The largest absolute Gasteiger partial charge is 0.300 e. The fraction of sp³-hybridized carbons (Fsp3) is 0.154. The van der Waals surface area contributed by atoms with Gasteiger partial charge in [-0.3, -0.25) is 15.0 Å². The summed E-state index contributed by atoms with van der Waals surface area (Å²) in [5.74, 6) is -2.26. The monoisotopic (exact) mass is 266 g/mol. The second-order valence-corrected chi connectivity index (χ2v) is 3.58. The van der Waals surface area contributed by atoms with E-state index in [0.29, 0.717) is 0 Å². The number of nitrogens with zero attached hydrogens (tertiary/aromatic N) is 1. The van der Waals surface area contributed by atoms with Crippen LogP contribution in [0.4, 0.5) is 8.78 Å². The van der Waals surface area contributed by atoms with Crippen LogP contribution in [-0.2, 0) is 9.59 Å². The third kappa shape index (κ3) is 4.79. The molecule has 4 nitrogen and oxygen atoms in total. The highest BCUT2D eigenvalue weighted by Gasteiger charge is 2.23. The van der Waals surface area contributed by atoms with E-state index in [4.69, 9.17) is 0 Å². The van der Waals surface area contributed by atoms with Gasteiger partial charge in [-0.2, -0.15) is 5.10 Å². The summed E-state index contributed by atoms with van der Waals surface area (Å²) in [6, 6.07) is 9.01. The molecule has 0 fully saturated rings. The molecular weight excluding hydrogens is 254 g/mol. The van der Waals surface area contributed by atoms with E-state index in [0.717, 1.165) is 18.7 Å². The zero-order chi connectivity index (χ0) is 14.3. The van der Waals surface area contributed by atoms with Crippen molar-refractivity contribution >= 4 is 17.8 Å². The van der Waals surface area contributed by atoms with Crippen LogP contribution in [0.1, 0.15) is 12.5 Å². The molecule has 0 unspecified atom stereocenters. The Balaban J connectivity index is 2.70. The quantitative estimate of drug-likeness (QED) is 0.281. The molecule has 0 aliphatic heterocycles. The van der Waals surface area contributed by atoms with Gasteiger partial charge in [-0.05, 0) is 12.5 Å². The summed E-state index contributed by atoms with van der Waals surface area (Å²) in [7, 11) is 0. The number of halogens is 2. The number of allylic oxidation sites excluding steroid dienone is 1. The van der Waals surface area contributed by atoms with Crippen LogP contribution in [0.3, 0.4) is 0 Å². The molecule has 0 radical (unpaired) electrons. The molecule has 0 saturated heterocycles. The Labute approximate surface area is 108 Å². The Hall–Kier alpha value is -2.37. The van der Waals surface area contributed by atoms with Gasteiger partial charge in [0.25, 0.3) is 0 Å². The van der Waals surface area contributed by atoms with Gasteiger partial charge >= 0.3 is 6.43 Å². The molecule has 0 spiro atoms. The van der Waals surface area contributed by atoms with Gasteiger partial charge in [-0.15, -0.1) is 0 Å². The Kier molecular flexibility index (Phi) is 5.53. The number of hydrazone groups is 1. The number of alkyl halides is 2. The molecule has 0 amide bonds. The summed E-state index contributed by atoms with van der Waals surface area (Å²) in [5.41, 5.74) is 2.46. The number of benzene rings is 1. The van der Waals surface area contributed by atoms with Gasteiger partial charge in [0, 0.05) is 6.20 Å². The van der Waals surface area contributed by atoms with Crippen molar-refractivity contribution in [3.63, 3.8) is 0 Å². The molecule has 0 aromatic heterocycles. The van der Waals surface area contributed by atoms with Gasteiger partial charge in [0.1, 0.15) is 0 Å². The standard InChI is InChI=1S/C13H12F2N2O2/c1-9(18)11(12(19)13(14)15)8-17-16-7-10-5-3-2-4-6-10/h2-8,13,17H,1H3/b11-8-,16-7+. The molecule has 1 aromatic carbocycles. The zero-order valence-corrected chi connectivity index (χ0v) is 10.1. The SMILES string of the molecule is CC(=O)/C(=C/N/N=C/c1ccccc1)C(=O)C(F)F. The zero-order valence-electron chi connectivity index (χ0n) is 10.1. The van der Waals surface area contributed by atoms with Crippen molar-refractivity contribution in [1.29, 1.82) is 0 Å². The summed E-state index contributed by atoms with van der Waals surface area (Å²) in [6.07, 6.45) is -0.910. The van der Waals surface area contributed by atoms with Crippen molar-refractivity contribution in [1.82, 2.24) is 5.43 Å². The van der Waals surface area contributed by atoms with Crippen LogP contribution in [0, 0.1) is 0 Å². The van der Waals surface area contributed by atoms with Crippen LogP contribution in [0.15, 0.2) is 47.2 Å². The predicted molar refractivity (Wildman–Crippen MR) is 66.9 cm³/mol. The minimum Gasteiger partial charge on any atom is -0.294 e. The number of carbonyl (C=O) groups excluding carboxylic acids is 2. The second kappa shape index (κ2) is 7.15. The van der Waals surface area contributed by atoms with E-state index in [2.05, 4.69) is 10.5 Å². The van der Waals surface area contributed by atoms with Crippen LogP contribution in [0.2, 0.25) is 0 Å². The lowest BCUT2D eigenvalue weighted by molar-refractivity contribution is -0.128. The molecule has 1 rings (SSSR count). The molecule has 100 valence electrons. The summed E-state index contributed by atoms with van der Waals surface area (Å²) >= 11 is 0. The number of hydrogen-bond acceptors (Lipinski definition) is 4. The molecule has 1 N–H and O–H groups in total. The van der Waals surface area contributed by atoms with Gasteiger partial charge in [0.15, 0.2) is 5.78 Å². The Bertz CT molecular complexity index is 511. The maximum Gasteiger partial charge on any atom is 0.300 e. The van der Waals surface area contributed by atoms with Crippen molar-refractivity contribution in [3.8, 4) is 0 Å². The smallest absolute Gasteiger partial charge is 0.294 e. The minimum atomic E-state index is -3.21. The third-order valence-corrected chi connectivity index (χ3v) is 2.14. The highest BCUT2D eigenvalue weighted by molar-refractivity contribution is 6.20. The molecule has 1 aromatic rings. The van der Waals surface area contributed by atoms with Crippen molar-refractivity contribution < 1.29 is 18.4 Å². The lowest BCUT2D eigenvalue weighted by Crippen LogP contribution is -2.19. The number of hydrogen-bond donors (Lipinski definition) is 1. The lowest BCUT2D eigenvalue weighted by atomic mass is 10.1. The van der Waals surface area contributed by atoms with Crippen LogP contribution in [0.25, 0.3) is 0 Å². The van der Waals surface area contributed by atoms with E-state index >= 15 is 0 Å². The topological polar surface area (TPSA) is 58.5 Å². The summed E-state index contributed by atoms with van der Waals surface area (Å²) < 4.78 is 24.4. The average Bonchev–Trinajstić information content (AvgIpc) is 2.38. The van der Waals surface area contributed by atoms with Crippen molar-refractivity contribution in [2.24, 2.45) is 5.10 Å². The summed E-state index contributed by atoms with van der Waals surface area (Å²) in [6.45, 7) is 1.04. The van der Waals surface area contributed by atoms with E-state index in [9.17, 15) is 18.4 Å². The lowest BCUT2D eigenvalue weighted by Gasteiger charge is -2.01. The second-order valence-electron chi connectivity index (χ2n) is 3.58. The minimum absolute atomic E-state index is 0.611. The van der Waals surface area contributed by atoms with Crippen molar-refractivity contribution in [2.45, 2.75) is 13.3 Å². The first-order valence-electron chi connectivity index (χ1n) is 5.39. The maximum atomic E-state index is 12.2. The third-order valence-electron chi connectivity index (χ3n) is 2.14. The normalized spacial score (nSPS) is 11.9. The van der Waals surface area contributed by atoms with Gasteiger partial charge in [0.05, 0.1) is 11.8 Å². The van der Waals surface area contributed by atoms with Gasteiger partial charge < -0.3 is 0 Å². The Morgan fingerprint density at radius 3 is 2.42 bits per heavy atom. The number of rotatable bonds is 6. The number of nitrogens with one attached hydrogen (secondary N) is 1. The molecular formula is C13H12F2N2O2. The first-order chi connectivity index (χ1) is 9.02. The first-order valence-corrected chi connectivity index (χ1v) is 5.39. The van der Waals surface area contributed by atoms with Crippen molar-refractivity contribution in [2.75, 3.05) is 0 Å². The van der Waals surface area contributed by atoms with Crippen LogP contribution in [0.5, 0.6) is 0 Å². The number of carbonyl (C=O) groups is 2. The van der Waals surface area contributed by atoms with Crippen LogP contribution >= 0.6 is 0 Å². The molecule has 19 heavy (non-hydrogen) atoms. The molecule has 0 heterocycles. The average molecular weight is 266 g/mol.